The first-order valence-corrected chi connectivity index (χ1v) is 6.66. The van der Waals surface area contributed by atoms with E-state index in [1.54, 1.807) is 11.8 Å². The van der Waals surface area contributed by atoms with Gasteiger partial charge in [0.25, 0.3) is 0 Å². The fourth-order valence-electron chi connectivity index (χ4n) is 1.67. The summed E-state index contributed by atoms with van der Waals surface area (Å²) in [6, 6.07) is 6.37. The number of nitrogens with zero attached hydrogens (tertiary/aromatic N) is 2. The van der Waals surface area contributed by atoms with Gasteiger partial charge >= 0.3 is 0 Å². The zero-order valence-corrected chi connectivity index (χ0v) is 10.9. The van der Waals surface area contributed by atoms with Crippen molar-refractivity contribution in [3.8, 4) is 0 Å². The lowest BCUT2D eigenvalue weighted by molar-refractivity contribution is 0.776. The van der Waals surface area contributed by atoms with E-state index < -0.39 is 0 Å². The summed E-state index contributed by atoms with van der Waals surface area (Å²) in [5, 5.41) is 1.16. The minimum absolute atomic E-state index is 0.378. The van der Waals surface area contributed by atoms with Gasteiger partial charge in [0.1, 0.15) is 5.82 Å². The van der Waals surface area contributed by atoms with E-state index in [0.29, 0.717) is 5.92 Å². The van der Waals surface area contributed by atoms with Crippen LogP contribution in [0, 0.1) is 6.92 Å². The van der Waals surface area contributed by atoms with Gasteiger partial charge in [0.2, 0.25) is 0 Å². The lowest BCUT2D eigenvalue weighted by Crippen LogP contribution is -2.00. The summed E-state index contributed by atoms with van der Waals surface area (Å²) in [6.07, 6.45) is 2.08. The maximum atomic E-state index is 4.59. The third-order valence-corrected chi connectivity index (χ3v) is 3.35. The zero-order chi connectivity index (χ0) is 11.7. The smallest absolute Gasteiger partial charge is 0.131 e. The monoisotopic (exact) mass is 232 g/mol. The van der Waals surface area contributed by atoms with Gasteiger partial charge in [-0.3, -0.25) is 0 Å². The third kappa shape index (κ3) is 2.05. The Balaban J connectivity index is 2.66. The molecule has 16 heavy (non-hydrogen) atoms. The Hall–Kier alpha value is -1.09. The topological polar surface area (TPSA) is 25.8 Å². The number of aryl methyl sites for hydroxylation is 1. The van der Waals surface area contributed by atoms with Gasteiger partial charge < -0.3 is 0 Å². The summed E-state index contributed by atoms with van der Waals surface area (Å²) in [5.41, 5.74) is 2.12. The first-order chi connectivity index (χ1) is 7.61. The molecule has 0 unspecified atom stereocenters. The van der Waals surface area contributed by atoms with Crippen molar-refractivity contribution in [2.45, 2.75) is 31.6 Å². The lowest BCUT2D eigenvalue weighted by atomic mass is 10.1. The van der Waals surface area contributed by atoms with Gasteiger partial charge in [-0.25, -0.2) is 9.97 Å². The second-order valence-electron chi connectivity index (χ2n) is 4.20. The molecule has 0 N–H and O–H groups in total. The molecular formula is C13H16N2S. The van der Waals surface area contributed by atoms with Gasteiger partial charge in [-0.1, -0.05) is 13.8 Å². The highest BCUT2D eigenvalue weighted by Gasteiger charge is 2.07. The van der Waals surface area contributed by atoms with Crippen LogP contribution in [0.5, 0.6) is 0 Å². The summed E-state index contributed by atoms with van der Waals surface area (Å²) in [6.45, 7) is 6.30. The molecule has 0 aliphatic carbocycles. The standard InChI is InChI=1S/C13H16N2S/c1-8(2)13-14-9(3)11-7-10(16-4)5-6-12(11)15-13/h5-8H,1-4H3. The SMILES string of the molecule is CSc1ccc2nc(C(C)C)nc(C)c2c1. The van der Waals surface area contributed by atoms with Crippen LogP contribution in [-0.2, 0) is 0 Å². The Morgan fingerprint density at radius 3 is 2.56 bits per heavy atom. The highest BCUT2D eigenvalue weighted by Crippen LogP contribution is 2.24. The molecule has 1 aromatic carbocycles. The van der Waals surface area contributed by atoms with Crippen LogP contribution in [-0.4, -0.2) is 16.2 Å². The number of hydrogen-bond donors (Lipinski definition) is 0. The first kappa shape index (κ1) is 11.4. The van der Waals surface area contributed by atoms with E-state index in [1.807, 2.05) is 0 Å². The Morgan fingerprint density at radius 1 is 1.19 bits per heavy atom. The molecule has 0 aliphatic heterocycles. The minimum Gasteiger partial charge on any atom is -0.237 e. The molecule has 0 bridgehead atoms. The average Bonchev–Trinajstić information content (AvgIpc) is 2.28. The highest BCUT2D eigenvalue weighted by atomic mass is 32.2. The van der Waals surface area contributed by atoms with Gasteiger partial charge in [0.15, 0.2) is 0 Å². The molecule has 84 valence electrons. The van der Waals surface area contributed by atoms with Crippen molar-refractivity contribution in [2.75, 3.05) is 6.26 Å². The molecule has 2 aromatic rings. The molecule has 2 rings (SSSR count). The minimum atomic E-state index is 0.378. The van der Waals surface area contributed by atoms with Crippen LogP contribution in [0.25, 0.3) is 10.9 Å². The Labute approximate surface area is 101 Å². The molecule has 0 fully saturated rings. The largest absolute Gasteiger partial charge is 0.237 e. The van der Waals surface area contributed by atoms with Crippen molar-refractivity contribution in [1.29, 1.82) is 0 Å². The van der Waals surface area contributed by atoms with Crippen molar-refractivity contribution in [3.63, 3.8) is 0 Å². The second kappa shape index (κ2) is 4.42. The van der Waals surface area contributed by atoms with E-state index >= 15 is 0 Å². The Kier molecular flexibility index (Phi) is 3.15. The number of fused-ring (bicyclic) bond motifs is 1. The summed E-state index contributed by atoms with van der Waals surface area (Å²) in [4.78, 5) is 10.4. The maximum Gasteiger partial charge on any atom is 0.131 e. The van der Waals surface area contributed by atoms with Crippen LogP contribution in [0.4, 0.5) is 0 Å². The van der Waals surface area contributed by atoms with Crippen molar-refractivity contribution in [2.24, 2.45) is 0 Å². The average molecular weight is 232 g/mol. The van der Waals surface area contributed by atoms with Crippen molar-refractivity contribution < 1.29 is 0 Å². The highest BCUT2D eigenvalue weighted by molar-refractivity contribution is 7.98. The van der Waals surface area contributed by atoms with E-state index in [9.17, 15) is 0 Å². The van der Waals surface area contributed by atoms with Crippen LogP contribution < -0.4 is 0 Å². The fraction of sp³-hybridized carbons (Fsp3) is 0.385. The molecule has 3 heteroatoms. The molecule has 0 saturated carbocycles. The van der Waals surface area contributed by atoms with Crippen molar-refractivity contribution >= 4 is 22.7 Å². The quantitative estimate of drug-likeness (QED) is 0.737. The van der Waals surface area contributed by atoms with Crippen LogP contribution >= 0.6 is 11.8 Å². The van der Waals surface area contributed by atoms with E-state index in [1.165, 1.54) is 4.90 Å². The van der Waals surface area contributed by atoms with Crippen LogP contribution in [0.3, 0.4) is 0 Å². The van der Waals surface area contributed by atoms with Crippen LogP contribution in [0.1, 0.15) is 31.3 Å². The maximum absolute atomic E-state index is 4.59. The van der Waals surface area contributed by atoms with Crippen molar-refractivity contribution in [3.05, 3.63) is 29.7 Å². The number of rotatable bonds is 2. The summed E-state index contributed by atoms with van der Waals surface area (Å²) in [7, 11) is 0. The van der Waals surface area contributed by atoms with E-state index in [0.717, 1.165) is 22.4 Å². The third-order valence-electron chi connectivity index (χ3n) is 2.63. The van der Waals surface area contributed by atoms with Gasteiger partial charge in [0, 0.05) is 21.9 Å². The number of benzene rings is 1. The van der Waals surface area contributed by atoms with Gasteiger partial charge in [0.05, 0.1) is 5.52 Å². The molecule has 0 aliphatic rings. The fourth-order valence-corrected chi connectivity index (χ4v) is 2.11. The van der Waals surface area contributed by atoms with Gasteiger partial charge in [-0.15, -0.1) is 11.8 Å². The summed E-state index contributed by atoms with van der Waals surface area (Å²) >= 11 is 1.75. The number of hydrogen-bond acceptors (Lipinski definition) is 3. The summed E-state index contributed by atoms with van der Waals surface area (Å²) in [5.74, 6) is 1.31. The molecule has 1 heterocycles. The number of aromatic nitrogens is 2. The Morgan fingerprint density at radius 2 is 1.94 bits per heavy atom. The summed E-state index contributed by atoms with van der Waals surface area (Å²) < 4.78 is 0. The van der Waals surface area contributed by atoms with E-state index in [4.69, 9.17) is 0 Å². The van der Waals surface area contributed by atoms with E-state index in [-0.39, 0.29) is 0 Å². The van der Waals surface area contributed by atoms with E-state index in [2.05, 4.69) is 55.2 Å². The molecule has 2 nitrogen and oxygen atoms in total. The first-order valence-electron chi connectivity index (χ1n) is 5.44. The van der Waals surface area contributed by atoms with Gasteiger partial charge in [-0.2, -0.15) is 0 Å². The zero-order valence-electron chi connectivity index (χ0n) is 10.1. The predicted octanol–water partition coefficient (Wildman–Crippen LogP) is 3.78. The van der Waals surface area contributed by atoms with Gasteiger partial charge in [-0.05, 0) is 31.4 Å². The molecule has 0 saturated heterocycles. The molecule has 1 aromatic heterocycles. The normalized spacial score (nSPS) is 11.3. The lowest BCUT2D eigenvalue weighted by Gasteiger charge is -2.08. The van der Waals surface area contributed by atoms with Crippen molar-refractivity contribution in [1.82, 2.24) is 9.97 Å². The molecular weight excluding hydrogens is 216 g/mol. The Bertz CT molecular complexity index is 521. The number of thioether (sulfide) groups is 1. The molecule has 0 radical (unpaired) electrons. The molecule has 0 atom stereocenters. The second-order valence-corrected chi connectivity index (χ2v) is 5.08. The van der Waals surface area contributed by atoms with Crippen LogP contribution in [0.15, 0.2) is 23.1 Å². The molecule has 0 amide bonds. The van der Waals surface area contributed by atoms with Crippen LogP contribution in [0.2, 0.25) is 0 Å². The molecule has 0 spiro atoms. The predicted molar refractivity (Wildman–Crippen MR) is 70.1 cm³/mol.